The number of fused-ring (bicyclic) bond motifs is 1. The third kappa shape index (κ3) is 4.18. The molecule has 6 nitrogen and oxygen atoms in total. The fraction of sp³-hybridized carbons (Fsp3) is 0.458. The second-order valence-corrected chi connectivity index (χ2v) is 8.33. The Morgan fingerprint density at radius 1 is 1.17 bits per heavy atom. The fourth-order valence-electron chi connectivity index (χ4n) is 4.25. The van der Waals surface area contributed by atoms with Gasteiger partial charge in [0.25, 0.3) is 5.91 Å². The number of anilines is 1. The SMILES string of the molecule is CCn1ncc2c(NC3CCCCC3)c(C(=O)N[C@H](C)c3ccc(C)cc3)cnc21. The molecule has 0 aliphatic heterocycles. The summed E-state index contributed by atoms with van der Waals surface area (Å²) in [5.74, 6) is -0.111. The molecule has 1 aliphatic carbocycles. The monoisotopic (exact) mass is 405 g/mol. The highest BCUT2D eigenvalue weighted by atomic mass is 16.1. The molecule has 2 N–H and O–H groups in total. The molecular weight excluding hydrogens is 374 g/mol. The van der Waals surface area contributed by atoms with Crippen LogP contribution < -0.4 is 10.6 Å². The molecule has 0 saturated heterocycles. The predicted octanol–water partition coefficient (Wildman–Crippen LogP) is 5.00. The summed E-state index contributed by atoms with van der Waals surface area (Å²) in [6.45, 7) is 6.87. The summed E-state index contributed by atoms with van der Waals surface area (Å²) >= 11 is 0. The van der Waals surface area contributed by atoms with Crippen molar-refractivity contribution in [1.29, 1.82) is 0 Å². The average molecular weight is 406 g/mol. The number of nitrogens with zero attached hydrogens (tertiary/aromatic N) is 3. The molecule has 1 aromatic carbocycles. The lowest BCUT2D eigenvalue weighted by molar-refractivity contribution is 0.0940. The van der Waals surface area contributed by atoms with Gasteiger partial charge in [0.15, 0.2) is 5.65 Å². The summed E-state index contributed by atoms with van der Waals surface area (Å²) in [5, 5.41) is 12.2. The molecule has 0 bridgehead atoms. The van der Waals surface area contributed by atoms with Gasteiger partial charge in [-0.15, -0.1) is 0 Å². The van der Waals surface area contributed by atoms with Crippen LogP contribution in [0.25, 0.3) is 11.0 Å². The minimum atomic E-state index is -0.111. The summed E-state index contributed by atoms with van der Waals surface area (Å²) in [6.07, 6.45) is 9.53. The van der Waals surface area contributed by atoms with E-state index >= 15 is 0 Å². The predicted molar refractivity (Wildman–Crippen MR) is 121 cm³/mol. The molecule has 158 valence electrons. The first-order chi connectivity index (χ1) is 14.6. The van der Waals surface area contributed by atoms with Crippen LogP contribution in [0.1, 0.15) is 73.5 Å². The average Bonchev–Trinajstić information content (AvgIpc) is 3.18. The van der Waals surface area contributed by atoms with Gasteiger partial charge in [-0.1, -0.05) is 49.1 Å². The first-order valence-electron chi connectivity index (χ1n) is 11.0. The second kappa shape index (κ2) is 8.86. The standard InChI is InChI=1S/C24H31N5O/c1-4-29-23-20(15-26-29)22(28-19-8-6-5-7-9-19)21(14-25-23)24(30)27-17(3)18-12-10-16(2)11-13-18/h10-15,17,19H,4-9H2,1-3H3,(H,25,28)(H,27,30)/t17-/m1/s1. The van der Waals surface area contributed by atoms with Gasteiger partial charge in [-0.25, -0.2) is 9.67 Å². The number of rotatable bonds is 6. The molecule has 0 spiro atoms. The number of carbonyl (C=O) groups excluding carboxylic acids is 1. The van der Waals surface area contributed by atoms with Crippen molar-refractivity contribution in [3.8, 4) is 0 Å². The van der Waals surface area contributed by atoms with Crippen LogP contribution in [0.3, 0.4) is 0 Å². The van der Waals surface area contributed by atoms with E-state index in [0.29, 0.717) is 11.6 Å². The van der Waals surface area contributed by atoms with E-state index in [9.17, 15) is 4.79 Å². The number of pyridine rings is 1. The first-order valence-corrected chi connectivity index (χ1v) is 11.0. The quantitative estimate of drug-likeness (QED) is 0.606. The smallest absolute Gasteiger partial charge is 0.255 e. The molecule has 1 aliphatic rings. The van der Waals surface area contributed by atoms with Crippen molar-refractivity contribution in [1.82, 2.24) is 20.1 Å². The van der Waals surface area contributed by atoms with Crippen LogP contribution in [0, 0.1) is 6.92 Å². The molecule has 0 unspecified atom stereocenters. The van der Waals surface area contributed by atoms with Gasteiger partial charge in [0, 0.05) is 18.8 Å². The largest absolute Gasteiger partial charge is 0.381 e. The van der Waals surface area contributed by atoms with Crippen molar-refractivity contribution in [2.24, 2.45) is 0 Å². The minimum Gasteiger partial charge on any atom is -0.381 e. The highest BCUT2D eigenvalue weighted by Gasteiger charge is 2.22. The summed E-state index contributed by atoms with van der Waals surface area (Å²) in [6, 6.07) is 8.56. The maximum atomic E-state index is 13.3. The molecular formula is C24H31N5O. The zero-order valence-corrected chi connectivity index (χ0v) is 18.1. The molecule has 4 rings (SSSR count). The normalized spacial score (nSPS) is 15.8. The maximum Gasteiger partial charge on any atom is 0.255 e. The van der Waals surface area contributed by atoms with Gasteiger partial charge in [-0.3, -0.25) is 4.79 Å². The lowest BCUT2D eigenvalue weighted by Crippen LogP contribution is -2.29. The molecule has 1 saturated carbocycles. The first kappa shape index (κ1) is 20.4. The van der Waals surface area contributed by atoms with Crippen LogP contribution in [0.2, 0.25) is 0 Å². The Bertz CT molecular complexity index is 1020. The summed E-state index contributed by atoms with van der Waals surface area (Å²) < 4.78 is 1.87. The zero-order valence-electron chi connectivity index (χ0n) is 18.1. The van der Waals surface area contributed by atoms with Crippen LogP contribution in [0.5, 0.6) is 0 Å². The lowest BCUT2D eigenvalue weighted by Gasteiger charge is -2.25. The van der Waals surface area contributed by atoms with Crippen LogP contribution in [-0.4, -0.2) is 26.7 Å². The van der Waals surface area contributed by atoms with E-state index in [1.54, 1.807) is 6.20 Å². The Labute approximate surface area is 178 Å². The highest BCUT2D eigenvalue weighted by Crippen LogP contribution is 2.30. The van der Waals surface area contributed by atoms with E-state index in [-0.39, 0.29) is 11.9 Å². The van der Waals surface area contributed by atoms with E-state index in [1.807, 2.05) is 24.7 Å². The van der Waals surface area contributed by atoms with Crippen LogP contribution in [-0.2, 0) is 6.54 Å². The fourth-order valence-corrected chi connectivity index (χ4v) is 4.25. The molecule has 1 amide bonds. The Hall–Kier alpha value is -2.89. The van der Waals surface area contributed by atoms with Gasteiger partial charge in [-0.2, -0.15) is 5.10 Å². The third-order valence-corrected chi connectivity index (χ3v) is 6.09. The van der Waals surface area contributed by atoms with Crippen molar-refractivity contribution in [2.75, 3.05) is 5.32 Å². The Morgan fingerprint density at radius 2 is 1.90 bits per heavy atom. The molecule has 6 heteroatoms. The van der Waals surface area contributed by atoms with E-state index in [1.165, 1.54) is 24.8 Å². The number of amides is 1. The van der Waals surface area contributed by atoms with E-state index < -0.39 is 0 Å². The number of aryl methyl sites for hydroxylation is 2. The van der Waals surface area contributed by atoms with E-state index in [4.69, 9.17) is 0 Å². The summed E-state index contributed by atoms with van der Waals surface area (Å²) in [5.41, 5.74) is 4.56. The number of carbonyl (C=O) groups is 1. The van der Waals surface area contributed by atoms with Crippen LogP contribution >= 0.6 is 0 Å². The molecule has 30 heavy (non-hydrogen) atoms. The summed E-state index contributed by atoms with van der Waals surface area (Å²) in [4.78, 5) is 17.8. The third-order valence-electron chi connectivity index (χ3n) is 6.09. The summed E-state index contributed by atoms with van der Waals surface area (Å²) in [7, 11) is 0. The number of nitrogens with one attached hydrogen (secondary N) is 2. The van der Waals surface area contributed by atoms with Crippen molar-refractivity contribution in [3.63, 3.8) is 0 Å². The number of benzene rings is 1. The van der Waals surface area contributed by atoms with Crippen molar-refractivity contribution in [3.05, 3.63) is 53.3 Å². The van der Waals surface area contributed by atoms with Crippen molar-refractivity contribution >= 4 is 22.6 Å². The molecule has 1 atom stereocenters. The molecule has 0 radical (unpaired) electrons. The topological polar surface area (TPSA) is 71.8 Å². The molecule has 3 aromatic rings. The molecule has 2 heterocycles. The van der Waals surface area contributed by atoms with Crippen molar-refractivity contribution < 1.29 is 4.79 Å². The second-order valence-electron chi connectivity index (χ2n) is 8.33. The van der Waals surface area contributed by atoms with Crippen LogP contribution in [0.4, 0.5) is 5.69 Å². The number of hydrogen-bond donors (Lipinski definition) is 2. The number of hydrogen-bond acceptors (Lipinski definition) is 4. The van der Waals surface area contributed by atoms with E-state index in [2.05, 4.69) is 51.9 Å². The van der Waals surface area contributed by atoms with Gasteiger partial charge in [0.05, 0.1) is 28.9 Å². The minimum absolute atomic E-state index is 0.0882. The van der Waals surface area contributed by atoms with Gasteiger partial charge in [0.1, 0.15) is 0 Å². The van der Waals surface area contributed by atoms with E-state index in [0.717, 1.165) is 41.7 Å². The zero-order chi connectivity index (χ0) is 21.1. The van der Waals surface area contributed by atoms with Crippen molar-refractivity contribution in [2.45, 2.75) is 71.5 Å². The Balaban J connectivity index is 1.65. The van der Waals surface area contributed by atoms with Gasteiger partial charge in [-0.05, 0) is 39.2 Å². The highest BCUT2D eigenvalue weighted by molar-refractivity contribution is 6.06. The Morgan fingerprint density at radius 3 is 2.60 bits per heavy atom. The lowest BCUT2D eigenvalue weighted by atomic mass is 9.95. The van der Waals surface area contributed by atoms with Gasteiger partial charge in [0.2, 0.25) is 0 Å². The Kier molecular flexibility index (Phi) is 6.02. The van der Waals surface area contributed by atoms with Crippen LogP contribution in [0.15, 0.2) is 36.7 Å². The van der Waals surface area contributed by atoms with Gasteiger partial charge < -0.3 is 10.6 Å². The van der Waals surface area contributed by atoms with Gasteiger partial charge >= 0.3 is 0 Å². The maximum absolute atomic E-state index is 13.3. The molecule has 2 aromatic heterocycles. The number of aromatic nitrogens is 3. The molecule has 1 fully saturated rings.